The van der Waals surface area contributed by atoms with Crippen molar-refractivity contribution in [3.8, 4) is 11.5 Å². The molecule has 1 N–H and O–H groups in total. The molecule has 0 radical (unpaired) electrons. The van der Waals surface area contributed by atoms with Crippen LogP contribution in [0.4, 0.5) is 0 Å². The number of hydrogen-bond donors (Lipinski definition) is 1. The molecule has 2 aromatic rings. The number of fused-ring (bicyclic) bond motifs is 1. The Kier molecular flexibility index (Phi) is 4.17. The average molecular weight is 349 g/mol. The molecule has 0 amide bonds. The van der Waals surface area contributed by atoms with Gasteiger partial charge in [-0.1, -0.05) is 29.8 Å². The molecule has 3 nitrogen and oxygen atoms in total. The normalized spacial score (nSPS) is 14.8. The van der Waals surface area contributed by atoms with Crippen LogP contribution in [-0.2, 0) is 6.42 Å². The summed E-state index contributed by atoms with van der Waals surface area (Å²) in [5, 5.41) is 10.5. The van der Waals surface area contributed by atoms with Gasteiger partial charge in [-0.3, -0.25) is 0 Å². The molecule has 1 aliphatic rings. The minimum absolute atomic E-state index is 0.539. The van der Waals surface area contributed by atoms with Crippen LogP contribution in [-0.4, -0.2) is 18.3 Å². The van der Waals surface area contributed by atoms with Crippen molar-refractivity contribution in [3.63, 3.8) is 0 Å². The van der Waals surface area contributed by atoms with Crippen LogP contribution in [0.3, 0.4) is 0 Å². The van der Waals surface area contributed by atoms with Gasteiger partial charge in [0.25, 0.3) is 0 Å². The molecule has 0 saturated carbocycles. The van der Waals surface area contributed by atoms with Crippen molar-refractivity contribution in [2.24, 2.45) is 0 Å². The molecule has 0 aliphatic carbocycles. The molecule has 0 bridgehead atoms. The van der Waals surface area contributed by atoms with Crippen molar-refractivity contribution in [2.45, 2.75) is 19.4 Å². The van der Waals surface area contributed by atoms with Gasteiger partial charge in [0.05, 0.1) is 10.6 Å². The molecule has 0 spiro atoms. The third-order valence-electron chi connectivity index (χ3n) is 3.52. The van der Waals surface area contributed by atoms with Crippen LogP contribution in [0.5, 0.6) is 11.5 Å². The van der Waals surface area contributed by atoms with Crippen molar-refractivity contribution in [3.05, 3.63) is 57.6 Å². The maximum absolute atomic E-state index is 10.5. The van der Waals surface area contributed by atoms with Crippen LogP contribution in [0.1, 0.15) is 22.8 Å². The molecule has 2 aromatic carbocycles. The molecule has 3 rings (SSSR count). The Bertz CT molecular complexity index is 654. The van der Waals surface area contributed by atoms with Gasteiger partial charge in [0.1, 0.15) is 13.2 Å². The molecule has 1 unspecified atom stereocenters. The molecule has 4 heteroatoms. The maximum atomic E-state index is 10.5. The van der Waals surface area contributed by atoms with Crippen molar-refractivity contribution < 1.29 is 14.6 Å². The predicted octanol–water partition coefficient (Wildman–Crippen LogP) is 3.80. The highest BCUT2D eigenvalue weighted by Crippen LogP contribution is 2.40. The largest absolute Gasteiger partial charge is 0.486 e. The second-order valence-electron chi connectivity index (χ2n) is 5.24. The fourth-order valence-electron chi connectivity index (χ4n) is 2.50. The minimum atomic E-state index is -0.570. The summed E-state index contributed by atoms with van der Waals surface area (Å²) >= 11 is 3.48. The third kappa shape index (κ3) is 3.22. The van der Waals surface area contributed by atoms with Gasteiger partial charge in [-0.25, -0.2) is 0 Å². The van der Waals surface area contributed by atoms with E-state index in [0.29, 0.717) is 31.1 Å². The molecule has 21 heavy (non-hydrogen) atoms. The molecule has 1 heterocycles. The van der Waals surface area contributed by atoms with Crippen molar-refractivity contribution in [2.75, 3.05) is 13.2 Å². The van der Waals surface area contributed by atoms with E-state index in [1.54, 1.807) is 0 Å². The molecule has 0 fully saturated rings. The van der Waals surface area contributed by atoms with Crippen LogP contribution in [0.25, 0.3) is 0 Å². The lowest BCUT2D eigenvalue weighted by Gasteiger charge is -2.21. The highest BCUT2D eigenvalue weighted by atomic mass is 79.9. The standard InChI is InChI=1S/C17H17BrO3/c1-11-3-2-4-12(7-11)8-15(19)13-9-14(18)17-16(10-13)20-5-6-21-17/h2-4,7,9-10,15,19H,5-6,8H2,1H3. The Morgan fingerprint density at radius 2 is 2.00 bits per heavy atom. The molecule has 0 saturated heterocycles. The fraction of sp³-hybridized carbons (Fsp3) is 0.294. The highest BCUT2D eigenvalue weighted by molar-refractivity contribution is 9.10. The molecular formula is C17H17BrO3. The number of aliphatic hydroxyl groups is 1. The van der Waals surface area contributed by atoms with Gasteiger partial charge in [-0.2, -0.15) is 0 Å². The Labute approximate surface area is 132 Å². The lowest BCUT2D eigenvalue weighted by Crippen LogP contribution is -2.16. The number of benzene rings is 2. The number of ether oxygens (including phenoxy) is 2. The lowest BCUT2D eigenvalue weighted by atomic mass is 10.00. The maximum Gasteiger partial charge on any atom is 0.175 e. The molecular weight excluding hydrogens is 332 g/mol. The van der Waals surface area contributed by atoms with Gasteiger partial charge < -0.3 is 14.6 Å². The minimum Gasteiger partial charge on any atom is -0.486 e. The topological polar surface area (TPSA) is 38.7 Å². The number of aryl methyl sites for hydroxylation is 1. The van der Waals surface area contributed by atoms with Gasteiger partial charge in [0.2, 0.25) is 0 Å². The summed E-state index contributed by atoms with van der Waals surface area (Å²) in [6.45, 7) is 3.14. The lowest BCUT2D eigenvalue weighted by molar-refractivity contribution is 0.163. The van der Waals surface area contributed by atoms with Crippen LogP contribution < -0.4 is 9.47 Å². The zero-order chi connectivity index (χ0) is 14.8. The van der Waals surface area contributed by atoms with Crippen LogP contribution >= 0.6 is 15.9 Å². The van der Waals surface area contributed by atoms with Crippen LogP contribution in [0, 0.1) is 6.92 Å². The van der Waals surface area contributed by atoms with E-state index in [1.807, 2.05) is 24.3 Å². The van der Waals surface area contributed by atoms with Crippen molar-refractivity contribution in [1.29, 1.82) is 0 Å². The van der Waals surface area contributed by atoms with Crippen LogP contribution in [0.2, 0.25) is 0 Å². The van der Waals surface area contributed by atoms with Gasteiger partial charge >= 0.3 is 0 Å². The van der Waals surface area contributed by atoms with E-state index < -0.39 is 6.10 Å². The first-order valence-corrected chi connectivity index (χ1v) is 7.75. The monoisotopic (exact) mass is 348 g/mol. The highest BCUT2D eigenvalue weighted by Gasteiger charge is 2.19. The van der Waals surface area contributed by atoms with E-state index in [-0.39, 0.29) is 0 Å². The number of hydrogen-bond acceptors (Lipinski definition) is 3. The smallest absolute Gasteiger partial charge is 0.175 e. The van der Waals surface area contributed by atoms with E-state index in [0.717, 1.165) is 15.6 Å². The van der Waals surface area contributed by atoms with Crippen LogP contribution in [0.15, 0.2) is 40.9 Å². The Morgan fingerprint density at radius 1 is 1.19 bits per heavy atom. The summed E-state index contributed by atoms with van der Waals surface area (Å²) in [5.41, 5.74) is 3.14. The second kappa shape index (κ2) is 6.08. The van der Waals surface area contributed by atoms with Crippen molar-refractivity contribution >= 4 is 15.9 Å². The second-order valence-corrected chi connectivity index (χ2v) is 6.09. The van der Waals surface area contributed by atoms with E-state index in [4.69, 9.17) is 9.47 Å². The molecule has 1 atom stereocenters. The van der Waals surface area contributed by atoms with E-state index >= 15 is 0 Å². The fourth-order valence-corrected chi connectivity index (χ4v) is 3.08. The van der Waals surface area contributed by atoms with E-state index in [1.165, 1.54) is 5.56 Å². The van der Waals surface area contributed by atoms with Gasteiger partial charge in [0, 0.05) is 6.42 Å². The van der Waals surface area contributed by atoms with E-state index in [9.17, 15) is 5.11 Å². The summed E-state index contributed by atoms with van der Waals surface area (Å²) in [5.74, 6) is 1.40. The summed E-state index contributed by atoms with van der Waals surface area (Å²) < 4.78 is 12.0. The predicted molar refractivity (Wildman–Crippen MR) is 85.0 cm³/mol. The van der Waals surface area contributed by atoms with Gasteiger partial charge in [-0.15, -0.1) is 0 Å². The average Bonchev–Trinajstić information content (AvgIpc) is 2.47. The number of halogens is 1. The van der Waals surface area contributed by atoms with Gasteiger partial charge in [0.15, 0.2) is 11.5 Å². The molecule has 1 aliphatic heterocycles. The third-order valence-corrected chi connectivity index (χ3v) is 4.10. The summed E-state index contributed by atoms with van der Waals surface area (Å²) in [7, 11) is 0. The molecule has 110 valence electrons. The van der Waals surface area contributed by atoms with E-state index in [2.05, 4.69) is 35.0 Å². The SMILES string of the molecule is Cc1cccc(CC(O)c2cc(Br)c3c(c2)OCCO3)c1. The first kappa shape index (κ1) is 14.4. The Hall–Kier alpha value is -1.52. The number of aliphatic hydroxyl groups excluding tert-OH is 1. The zero-order valence-electron chi connectivity index (χ0n) is 11.8. The summed E-state index contributed by atoms with van der Waals surface area (Å²) in [6, 6.07) is 11.9. The first-order chi connectivity index (χ1) is 10.1. The molecule has 0 aromatic heterocycles. The number of rotatable bonds is 3. The zero-order valence-corrected chi connectivity index (χ0v) is 13.4. The quantitative estimate of drug-likeness (QED) is 0.916. The first-order valence-electron chi connectivity index (χ1n) is 6.96. The van der Waals surface area contributed by atoms with Crippen molar-refractivity contribution in [1.82, 2.24) is 0 Å². The van der Waals surface area contributed by atoms with Gasteiger partial charge in [-0.05, 0) is 46.1 Å². The Balaban J connectivity index is 1.84. The summed E-state index contributed by atoms with van der Waals surface area (Å²) in [6.07, 6.45) is 0.00671. The Morgan fingerprint density at radius 3 is 2.81 bits per heavy atom. The summed E-state index contributed by atoms with van der Waals surface area (Å²) in [4.78, 5) is 0.